The molecule has 0 fully saturated rings. The molecule has 0 unspecified atom stereocenters. The van der Waals surface area contributed by atoms with Gasteiger partial charge in [0.25, 0.3) is 0 Å². The molecular weight excluding hydrogens is 267 g/mol. The molecule has 0 spiro atoms. The lowest BCUT2D eigenvalue weighted by atomic mass is 10.2. The minimum Gasteiger partial charge on any atom is -0.406 e. The minimum atomic E-state index is -3.01. The summed E-state index contributed by atoms with van der Waals surface area (Å²) in [4.78, 5) is 0. The van der Waals surface area contributed by atoms with Crippen LogP contribution in [-0.2, 0) is 18.0 Å². The second-order valence-electron chi connectivity index (χ2n) is 5.54. The Kier molecular flexibility index (Phi) is 6.84. The van der Waals surface area contributed by atoms with Crippen LogP contribution in [0, 0.1) is 11.8 Å². The van der Waals surface area contributed by atoms with E-state index in [1.165, 1.54) is 14.2 Å². The molecule has 0 radical (unpaired) electrons. The van der Waals surface area contributed by atoms with E-state index in [1.807, 2.05) is 0 Å². The van der Waals surface area contributed by atoms with Crippen LogP contribution in [0.3, 0.4) is 0 Å². The van der Waals surface area contributed by atoms with E-state index in [4.69, 9.17) is 13.5 Å². The van der Waals surface area contributed by atoms with E-state index in [-0.39, 0.29) is 11.2 Å². The molecule has 0 aliphatic heterocycles. The van der Waals surface area contributed by atoms with Gasteiger partial charge in [0.1, 0.15) is 6.16 Å². The summed E-state index contributed by atoms with van der Waals surface area (Å²) in [6, 6.07) is 0. The zero-order chi connectivity index (χ0) is 14.4. The van der Waals surface area contributed by atoms with Crippen molar-refractivity contribution in [1.82, 2.24) is 0 Å². The largest absolute Gasteiger partial charge is 0.406 e. The predicted molar refractivity (Wildman–Crippen MR) is 77.4 cm³/mol. The summed E-state index contributed by atoms with van der Waals surface area (Å²) in [5.41, 5.74) is 0. The SMILES string of the molecule is COP(=O)(CC#CCO[Si](C)(C)C(C)(C)C)OC. The zero-order valence-electron chi connectivity index (χ0n) is 12.5. The first-order chi connectivity index (χ1) is 8.08. The lowest BCUT2D eigenvalue weighted by Gasteiger charge is -2.35. The molecule has 0 heterocycles. The highest BCUT2D eigenvalue weighted by molar-refractivity contribution is 7.54. The molecule has 0 N–H and O–H groups in total. The van der Waals surface area contributed by atoms with E-state index in [0.717, 1.165) is 0 Å². The van der Waals surface area contributed by atoms with Crippen molar-refractivity contribution in [1.29, 1.82) is 0 Å². The van der Waals surface area contributed by atoms with Crippen LogP contribution in [0.2, 0.25) is 18.1 Å². The number of rotatable bonds is 5. The smallest absolute Gasteiger partial charge is 0.341 e. The van der Waals surface area contributed by atoms with E-state index < -0.39 is 15.9 Å². The maximum absolute atomic E-state index is 11.7. The van der Waals surface area contributed by atoms with Crippen molar-refractivity contribution in [3.63, 3.8) is 0 Å². The maximum atomic E-state index is 11.7. The average molecular weight is 292 g/mol. The average Bonchev–Trinajstić information content (AvgIpc) is 2.26. The van der Waals surface area contributed by atoms with Crippen LogP contribution >= 0.6 is 7.60 Å². The molecule has 18 heavy (non-hydrogen) atoms. The van der Waals surface area contributed by atoms with E-state index in [9.17, 15) is 4.57 Å². The summed E-state index contributed by atoms with van der Waals surface area (Å²) in [5, 5.41) is 0.170. The van der Waals surface area contributed by atoms with Crippen LogP contribution in [0.1, 0.15) is 20.8 Å². The third kappa shape index (κ3) is 5.68. The zero-order valence-corrected chi connectivity index (χ0v) is 14.4. The van der Waals surface area contributed by atoms with Crippen molar-refractivity contribution in [2.24, 2.45) is 0 Å². The summed E-state index contributed by atoms with van der Waals surface area (Å²) in [7, 11) is -2.05. The van der Waals surface area contributed by atoms with E-state index >= 15 is 0 Å². The topological polar surface area (TPSA) is 44.8 Å². The van der Waals surface area contributed by atoms with Crippen LogP contribution in [0.25, 0.3) is 0 Å². The Bertz CT molecular complexity index is 354. The van der Waals surface area contributed by atoms with Crippen molar-refractivity contribution in [2.75, 3.05) is 27.0 Å². The Balaban J connectivity index is 4.27. The lowest BCUT2D eigenvalue weighted by molar-refractivity contribution is 0.279. The molecule has 0 amide bonds. The first-order valence-corrected chi connectivity index (χ1v) is 10.5. The summed E-state index contributed by atoms with van der Waals surface area (Å²) in [6.45, 7) is 11.2. The summed E-state index contributed by atoms with van der Waals surface area (Å²) >= 11 is 0. The van der Waals surface area contributed by atoms with Crippen molar-refractivity contribution >= 4 is 15.9 Å². The van der Waals surface area contributed by atoms with Crippen molar-refractivity contribution in [3.8, 4) is 11.8 Å². The molecule has 0 aromatic carbocycles. The van der Waals surface area contributed by atoms with E-state index in [0.29, 0.717) is 6.61 Å². The molecule has 106 valence electrons. The Morgan fingerprint density at radius 3 is 2.00 bits per heavy atom. The van der Waals surface area contributed by atoms with Gasteiger partial charge in [0, 0.05) is 14.2 Å². The third-order valence-corrected chi connectivity index (χ3v) is 9.40. The van der Waals surface area contributed by atoms with Crippen molar-refractivity contribution < 1.29 is 18.0 Å². The second kappa shape index (κ2) is 6.88. The molecule has 0 bridgehead atoms. The number of hydrogen-bond acceptors (Lipinski definition) is 4. The fourth-order valence-corrected chi connectivity index (χ4v) is 2.42. The highest BCUT2D eigenvalue weighted by Gasteiger charge is 2.36. The fraction of sp³-hybridized carbons (Fsp3) is 0.833. The highest BCUT2D eigenvalue weighted by atomic mass is 31.2. The molecule has 0 aliphatic carbocycles. The Hall–Kier alpha value is -0.113. The summed E-state index contributed by atoms with van der Waals surface area (Å²) in [5.74, 6) is 5.65. The first kappa shape index (κ1) is 17.9. The predicted octanol–water partition coefficient (Wildman–Crippen LogP) is 3.50. The van der Waals surface area contributed by atoms with Gasteiger partial charge in [0.05, 0.1) is 6.61 Å². The van der Waals surface area contributed by atoms with Gasteiger partial charge in [-0.15, -0.1) is 0 Å². The maximum Gasteiger partial charge on any atom is 0.341 e. The normalized spacial score (nSPS) is 13.1. The number of hydrogen-bond donors (Lipinski definition) is 0. The second-order valence-corrected chi connectivity index (χ2v) is 12.6. The Morgan fingerprint density at radius 1 is 1.11 bits per heavy atom. The molecule has 0 aromatic heterocycles. The summed E-state index contributed by atoms with van der Waals surface area (Å²) in [6.07, 6.45) is 0.0981. The van der Waals surface area contributed by atoms with Gasteiger partial charge in [-0.1, -0.05) is 32.6 Å². The van der Waals surface area contributed by atoms with Gasteiger partial charge in [-0.25, -0.2) is 0 Å². The molecule has 0 saturated carbocycles. The van der Waals surface area contributed by atoms with Gasteiger partial charge in [-0.05, 0) is 18.1 Å². The third-order valence-electron chi connectivity index (χ3n) is 3.27. The molecule has 0 atom stereocenters. The van der Waals surface area contributed by atoms with Gasteiger partial charge < -0.3 is 13.5 Å². The van der Waals surface area contributed by atoms with Crippen LogP contribution < -0.4 is 0 Å². The molecule has 0 aliphatic rings. The standard InChI is InChI=1S/C12H25O4PSi/c1-12(2,3)18(6,7)16-10-8-9-11-17(13,14-4)15-5/h10-11H2,1-7H3. The highest BCUT2D eigenvalue weighted by Crippen LogP contribution is 2.45. The Labute approximate surface area is 112 Å². The Morgan fingerprint density at radius 2 is 1.61 bits per heavy atom. The molecule has 0 aromatic rings. The fourth-order valence-electron chi connectivity index (χ4n) is 0.840. The van der Waals surface area contributed by atoms with Crippen molar-refractivity contribution in [2.45, 2.75) is 38.9 Å². The molecule has 6 heteroatoms. The minimum absolute atomic E-state index is 0.0981. The first-order valence-electron chi connectivity index (χ1n) is 5.88. The molecule has 0 rings (SSSR count). The van der Waals surface area contributed by atoms with Gasteiger partial charge in [-0.3, -0.25) is 4.57 Å². The quantitative estimate of drug-likeness (QED) is 0.442. The van der Waals surface area contributed by atoms with Crippen LogP contribution in [0.15, 0.2) is 0 Å². The van der Waals surface area contributed by atoms with Crippen LogP contribution in [-0.4, -0.2) is 35.3 Å². The van der Waals surface area contributed by atoms with E-state index in [1.54, 1.807) is 0 Å². The monoisotopic (exact) mass is 292 g/mol. The molecule has 0 saturated heterocycles. The van der Waals surface area contributed by atoms with Gasteiger partial charge in [0.2, 0.25) is 0 Å². The van der Waals surface area contributed by atoms with Gasteiger partial charge in [-0.2, -0.15) is 0 Å². The van der Waals surface area contributed by atoms with Crippen LogP contribution in [0.5, 0.6) is 0 Å². The van der Waals surface area contributed by atoms with E-state index in [2.05, 4.69) is 45.7 Å². The van der Waals surface area contributed by atoms with Gasteiger partial charge >= 0.3 is 7.60 Å². The summed E-state index contributed by atoms with van der Waals surface area (Å²) < 4.78 is 27.1. The molecular formula is C12H25O4PSi. The van der Waals surface area contributed by atoms with Crippen LogP contribution in [0.4, 0.5) is 0 Å². The lowest BCUT2D eigenvalue weighted by Crippen LogP contribution is -2.40. The van der Waals surface area contributed by atoms with Gasteiger partial charge in [0.15, 0.2) is 8.32 Å². The van der Waals surface area contributed by atoms with Crippen molar-refractivity contribution in [3.05, 3.63) is 0 Å². The molecule has 4 nitrogen and oxygen atoms in total.